The van der Waals surface area contributed by atoms with E-state index in [1.807, 2.05) is 0 Å². The molecule has 0 saturated carbocycles. The van der Waals surface area contributed by atoms with Crippen molar-refractivity contribution in [3.63, 3.8) is 0 Å². The minimum Gasteiger partial charge on any atom is -0.495 e. The third kappa shape index (κ3) is 3.82. The Bertz CT molecular complexity index is 574. The number of carbonyl (C=O) groups excluding carboxylic acids is 1. The van der Waals surface area contributed by atoms with Gasteiger partial charge in [0.25, 0.3) is 0 Å². The predicted octanol–water partition coefficient (Wildman–Crippen LogP) is 0.761. The van der Waals surface area contributed by atoms with Gasteiger partial charge in [0.1, 0.15) is 10.6 Å². The van der Waals surface area contributed by atoms with E-state index in [0.29, 0.717) is 0 Å². The highest BCUT2D eigenvalue weighted by Gasteiger charge is 2.24. The molecule has 0 aliphatic heterocycles. The van der Waals surface area contributed by atoms with E-state index in [2.05, 4.69) is 10.0 Å². The van der Waals surface area contributed by atoms with Gasteiger partial charge in [-0.2, -0.15) is 4.72 Å². The number of hydrogen-bond acceptors (Lipinski definition) is 4. The molecule has 1 rings (SSSR count). The summed E-state index contributed by atoms with van der Waals surface area (Å²) in [6, 6.07) is 3.32. The van der Waals surface area contributed by atoms with Gasteiger partial charge in [0.15, 0.2) is 0 Å². The first-order chi connectivity index (χ1) is 8.81. The van der Waals surface area contributed by atoms with Crippen LogP contribution >= 0.6 is 11.6 Å². The van der Waals surface area contributed by atoms with Crippen LogP contribution in [0.4, 0.5) is 0 Å². The first kappa shape index (κ1) is 15.7. The Hall–Kier alpha value is -1.31. The highest BCUT2D eigenvalue weighted by atomic mass is 35.5. The fourth-order valence-electron chi connectivity index (χ4n) is 1.43. The van der Waals surface area contributed by atoms with Gasteiger partial charge in [-0.05, 0) is 25.1 Å². The lowest BCUT2D eigenvalue weighted by atomic mass is 10.3. The molecule has 0 radical (unpaired) electrons. The zero-order valence-electron chi connectivity index (χ0n) is 10.7. The molecular weight excluding hydrogens is 292 g/mol. The van der Waals surface area contributed by atoms with E-state index < -0.39 is 22.0 Å². The minimum absolute atomic E-state index is 0.113. The second-order valence-electron chi connectivity index (χ2n) is 3.75. The summed E-state index contributed by atoms with van der Waals surface area (Å²) in [6.45, 7) is 1.44. The van der Waals surface area contributed by atoms with E-state index in [0.717, 1.165) is 0 Å². The summed E-state index contributed by atoms with van der Waals surface area (Å²) < 4.78 is 31.6. The van der Waals surface area contributed by atoms with Gasteiger partial charge in [-0.25, -0.2) is 8.42 Å². The Morgan fingerprint density at radius 1 is 1.42 bits per heavy atom. The number of sulfonamides is 1. The number of carbonyl (C=O) groups is 1. The van der Waals surface area contributed by atoms with Crippen LogP contribution in [0.1, 0.15) is 6.92 Å². The van der Waals surface area contributed by atoms with Crippen LogP contribution in [0.2, 0.25) is 5.02 Å². The van der Waals surface area contributed by atoms with Gasteiger partial charge in [-0.1, -0.05) is 11.6 Å². The molecule has 0 fully saturated rings. The van der Waals surface area contributed by atoms with Crippen LogP contribution < -0.4 is 14.8 Å². The molecule has 1 amide bonds. The van der Waals surface area contributed by atoms with Crippen LogP contribution in [-0.2, 0) is 14.8 Å². The summed E-state index contributed by atoms with van der Waals surface area (Å²) in [5.41, 5.74) is 0. The normalized spacial score (nSPS) is 12.8. The molecule has 1 aromatic rings. The van der Waals surface area contributed by atoms with Gasteiger partial charge < -0.3 is 10.1 Å². The monoisotopic (exact) mass is 306 g/mol. The molecule has 0 heterocycles. The van der Waals surface area contributed by atoms with Gasteiger partial charge in [0.2, 0.25) is 15.9 Å². The van der Waals surface area contributed by atoms with Crippen LogP contribution in [0.5, 0.6) is 5.75 Å². The zero-order chi connectivity index (χ0) is 14.6. The molecule has 0 spiro atoms. The van der Waals surface area contributed by atoms with Crippen molar-refractivity contribution in [1.29, 1.82) is 0 Å². The SMILES string of the molecule is CNC(=O)C(C)NS(=O)(=O)c1cc(Cl)ccc1OC. The molecule has 1 unspecified atom stereocenters. The van der Waals surface area contributed by atoms with Crippen molar-refractivity contribution in [1.82, 2.24) is 10.0 Å². The largest absolute Gasteiger partial charge is 0.495 e. The lowest BCUT2D eigenvalue weighted by Gasteiger charge is -2.15. The second kappa shape index (κ2) is 6.23. The lowest BCUT2D eigenvalue weighted by Crippen LogP contribution is -2.43. The Labute approximate surface area is 117 Å². The average molecular weight is 307 g/mol. The predicted molar refractivity (Wildman–Crippen MR) is 71.9 cm³/mol. The standard InChI is InChI=1S/C11H15ClN2O4S/c1-7(11(15)13-2)14-19(16,17)10-6-8(12)4-5-9(10)18-3/h4-7,14H,1-3H3,(H,13,15). The molecule has 0 bridgehead atoms. The summed E-state index contributed by atoms with van der Waals surface area (Å²) in [4.78, 5) is 11.2. The van der Waals surface area contributed by atoms with Crippen molar-refractivity contribution in [3.8, 4) is 5.75 Å². The molecule has 0 saturated heterocycles. The van der Waals surface area contributed by atoms with Crippen LogP contribution in [0, 0.1) is 0 Å². The maximum atomic E-state index is 12.2. The lowest BCUT2D eigenvalue weighted by molar-refractivity contribution is -0.121. The fourth-order valence-corrected chi connectivity index (χ4v) is 3.06. The van der Waals surface area contributed by atoms with Gasteiger partial charge in [0.05, 0.1) is 13.2 Å². The Morgan fingerprint density at radius 3 is 2.58 bits per heavy atom. The Kier molecular flexibility index (Phi) is 5.16. The summed E-state index contributed by atoms with van der Waals surface area (Å²) in [7, 11) is -1.12. The van der Waals surface area contributed by atoms with Gasteiger partial charge in [-0.15, -0.1) is 0 Å². The molecule has 8 heteroatoms. The summed E-state index contributed by atoms with van der Waals surface area (Å²) >= 11 is 5.78. The Balaban J connectivity index is 3.13. The van der Waals surface area contributed by atoms with E-state index in [1.165, 1.54) is 39.3 Å². The number of amides is 1. The van der Waals surface area contributed by atoms with Crippen molar-refractivity contribution < 1.29 is 17.9 Å². The molecule has 6 nitrogen and oxygen atoms in total. The van der Waals surface area contributed by atoms with Crippen molar-refractivity contribution in [2.75, 3.05) is 14.2 Å². The number of ether oxygens (including phenoxy) is 1. The van der Waals surface area contributed by atoms with E-state index in [1.54, 1.807) is 0 Å². The zero-order valence-corrected chi connectivity index (χ0v) is 12.3. The van der Waals surface area contributed by atoms with E-state index in [-0.39, 0.29) is 15.7 Å². The first-order valence-electron chi connectivity index (χ1n) is 5.39. The van der Waals surface area contributed by atoms with Crippen LogP contribution in [-0.4, -0.2) is 34.5 Å². The second-order valence-corrected chi connectivity index (χ2v) is 5.87. The molecule has 106 valence electrons. The van der Waals surface area contributed by atoms with Crippen LogP contribution in [0.3, 0.4) is 0 Å². The molecule has 0 aromatic heterocycles. The maximum absolute atomic E-state index is 12.2. The first-order valence-corrected chi connectivity index (χ1v) is 7.25. The van der Waals surface area contributed by atoms with Crippen LogP contribution in [0.15, 0.2) is 23.1 Å². The summed E-state index contributed by atoms with van der Waals surface area (Å²) in [6.07, 6.45) is 0. The molecule has 2 N–H and O–H groups in total. The molecule has 1 aromatic carbocycles. The van der Waals surface area contributed by atoms with E-state index >= 15 is 0 Å². The third-order valence-corrected chi connectivity index (χ3v) is 4.18. The van der Waals surface area contributed by atoms with Gasteiger partial charge in [0, 0.05) is 12.1 Å². The van der Waals surface area contributed by atoms with Crippen molar-refractivity contribution in [2.45, 2.75) is 17.9 Å². The van der Waals surface area contributed by atoms with Gasteiger partial charge >= 0.3 is 0 Å². The number of halogens is 1. The number of benzene rings is 1. The van der Waals surface area contributed by atoms with E-state index in [9.17, 15) is 13.2 Å². The topological polar surface area (TPSA) is 84.5 Å². The van der Waals surface area contributed by atoms with Crippen molar-refractivity contribution >= 4 is 27.5 Å². The third-order valence-electron chi connectivity index (χ3n) is 2.39. The molecule has 1 atom stereocenters. The molecular formula is C11H15ClN2O4S. The van der Waals surface area contributed by atoms with Crippen molar-refractivity contribution in [2.24, 2.45) is 0 Å². The minimum atomic E-state index is -3.90. The number of hydrogen-bond donors (Lipinski definition) is 2. The van der Waals surface area contributed by atoms with Crippen molar-refractivity contribution in [3.05, 3.63) is 23.2 Å². The number of likely N-dealkylation sites (N-methyl/N-ethyl adjacent to an activating group) is 1. The summed E-state index contributed by atoms with van der Waals surface area (Å²) in [5.74, 6) is -0.287. The average Bonchev–Trinajstić information content (AvgIpc) is 2.37. The quantitative estimate of drug-likeness (QED) is 0.841. The van der Waals surface area contributed by atoms with Crippen LogP contribution in [0.25, 0.3) is 0 Å². The van der Waals surface area contributed by atoms with Gasteiger partial charge in [-0.3, -0.25) is 4.79 Å². The molecule has 0 aliphatic rings. The Morgan fingerprint density at radius 2 is 2.05 bits per heavy atom. The molecule has 19 heavy (non-hydrogen) atoms. The number of nitrogens with one attached hydrogen (secondary N) is 2. The number of rotatable bonds is 5. The molecule has 0 aliphatic carbocycles. The maximum Gasteiger partial charge on any atom is 0.245 e. The summed E-state index contributed by atoms with van der Waals surface area (Å²) in [5, 5.41) is 2.61. The highest BCUT2D eigenvalue weighted by molar-refractivity contribution is 7.89. The smallest absolute Gasteiger partial charge is 0.245 e. The fraction of sp³-hybridized carbons (Fsp3) is 0.364. The van der Waals surface area contributed by atoms with E-state index in [4.69, 9.17) is 16.3 Å². The highest BCUT2D eigenvalue weighted by Crippen LogP contribution is 2.26. The number of methoxy groups -OCH3 is 1.